The number of hydrogen-bond donors (Lipinski definition) is 0. The van der Waals surface area contributed by atoms with E-state index >= 15 is 0 Å². The van der Waals surface area contributed by atoms with Crippen molar-refractivity contribution < 1.29 is 22.5 Å². The van der Waals surface area contributed by atoms with Gasteiger partial charge in [0.05, 0.1) is 4.92 Å². The van der Waals surface area contributed by atoms with Crippen molar-refractivity contribution in [1.29, 1.82) is 0 Å². The third kappa shape index (κ3) is 1.78. The summed E-state index contributed by atoms with van der Waals surface area (Å²) >= 11 is 0. The maximum atomic E-state index is 12.7. The first-order chi connectivity index (χ1) is 6.43. The summed E-state index contributed by atoms with van der Waals surface area (Å²) in [6, 6.07) is 0.0734. The molecule has 0 bridgehead atoms. The number of aromatic nitrogens is 1. The zero-order chi connectivity index (χ0) is 10.9. The Morgan fingerprint density at radius 1 is 1.43 bits per heavy atom. The van der Waals surface area contributed by atoms with Crippen molar-refractivity contribution in [3.63, 3.8) is 0 Å². The third-order valence-electron chi connectivity index (χ3n) is 1.33. The second kappa shape index (κ2) is 3.56. The molecule has 0 atom stereocenters. The molecular formula is C6H2F4N2O2. The Morgan fingerprint density at radius 3 is 2.43 bits per heavy atom. The highest BCUT2D eigenvalue weighted by Gasteiger charge is 2.29. The van der Waals surface area contributed by atoms with Crippen LogP contribution in [0, 0.1) is 21.9 Å². The summed E-state index contributed by atoms with van der Waals surface area (Å²) in [4.78, 5) is 11.3. The van der Waals surface area contributed by atoms with Crippen molar-refractivity contribution in [2.75, 3.05) is 0 Å². The van der Waals surface area contributed by atoms with Crippen LogP contribution in [0.1, 0.15) is 12.1 Å². The van der Waals surface area contributed by atoms with E-state index in [4.69, 9.17) is 0 Å². The lowest BCUT2D eigenvalue weighted by Gasteiger charge is -2.01. The molecular weight excluding hydrogens is 208 g/mol. The van der Waals surface area contributed by atoms with Gasteiger partial charge in [-0.2, -0.15) is 8.78 Å². The molecule has 0 aliphatic heterocycles. The van der Waals surface area contributed by atoms with Gasteiger partial charge in [-0.05, 0) is 0 Å². The molecule has 76 valence electrons. The van der Waals surface area contributed by atoms with E-state index in [1.807, 2.05) is 0 Å². The molecule has 0 fully saturated rings. The minimum Gasteiger partial charge on any atom is -0.258 e. The van der Waals surface area contributed by atoms with Gasteiger partial charge in [-0.15, -0.1) is 0 Å². The van der Waals surface area contributed by atoms with Gasteiger partial charge in [-0.1, -0.05) is 0 Å². The van der Waals surface area contributed by atoms with Gasteiger partial charge in [0.2, 0.25) is 11.8 Å². The van der Waals surface area contributed by atoms with Crippen LogP contribution in [0.4, 0.5) is 23.2 Å². The number of nitro groups is 1. The summed E-state index contributed by atoms with van der Waals surface area (Å²) in [5, 5.41) is 10.1. The molecule has 0 aliphatic rings. The van der Waals surface area contributed by atoms with Crippen molar-refractivity contribution in [3.05, 3.63) is 33.6 Å². The van der Waals surface area contributed by atoms with Crippen LogP contribution in [0.15, 0.2) is 6.07 Å². The lowest BCUT2D eigenvalue weighted by molar-refractivity contribution is -0.389. The van der Waals surface area contributed by atoms with E-state index in [9.17, 15) is 27.7 Å². The maximum Gasteiger partial charge on any atom is 0.332 e. The second-order valence-electron chi connectivity index (χ2n) is 2.22. The highest BCUT2D eigenvalue weighted by molar-refractivity contribution is 5.37. The van der Waals surface area contributed by atoms with Gasteiger partial charge in [-0.25, -0.2) is 13.8 Å². The molecule has 0 saturated heterocycles. The van der Waals surface area contributed by atoms with Gasteiger partial charge < -0.3 is 0 Å². The number of pyridine rings is 1. The predicted octanol–water partition coefficient (Wildman–Crippen LogP) is 2.21. The van der Waals surface area contributed by atoms with Crippen LogP contribution in [-0.2, 0) is 0 Å². The molecule has 1 rings (SSSR count). The van der Waals surface area contributed by atoms with Crippen LogP contribution in [-0.4, -0.2) is 9.91 Å². The van der Waals surface area contributed by atoms with Crippen molar-refractivity contribution in [2.45, 2.75) is 6.43 Å². The summed E-state index contributed by atoms with van der Waals surface area (Å²) in [6.07, 6.45) is -3.40. The molecule has 0 radical (unpaired) electrons. The lowest BCUT2D eigenvalue weighted by Crippen LogP contribution is -2.04. The largest absolute Gasteiger partial charge is 0.332 e. The zero-order valence-electron chi connectivity index (χ0n) is 6.38. The average molecular weight is 210 g/mol. The predicted molar refractivity (Wildman–Crippen MR) is 35.8 cm³/mol. The number of alkyl halides is 2. The van der Waals surface area contributed by atoms with Crippen molar-refractivity contribution >= 4 is 5.69 Å². The van der Waals surface area contributed by atoms with Gasteiger partial charge in [-0.3, -0.25) is 10.1 Å². The number of nitrogens with zero attached hydrogens (tertiary/aromatic N) is 2. The van der Waals surface area contributed by atoms with Crippen LogP contribution >= 0.6 is 0 Å². The molecule has 0 amide bonds. The summed E-state index contributed by atoms with van der Waals surface area (Å²) in [7, 11) is 0. The summed E-state index contributed by atoms with van der Waals surface area (Å²) in [6.45, 7) is 0. The number of halogens is 4. The van der Waals surface area contributed by atoms with Crippen LogP contribution in [0.3, 0.4) is 0 Å². The van der Waals surface area contributed by atoms with E-state index in [2.05, 4.69) is 4.98 Å². The van der Waals surface area contributed by atoms with Gasteiger partial charge in [0, 0.05) is 6.07 Å². The van der Waals surface area contributed by atoms with Gasteiger partial charge in [0.1, 0.15) is 0 Å². The maximum absolute atomic E-state index is 12.7. The molecule has 4 nitrogen and oxygen atoms in total. The van der Waals surface area contributed by atoms with E-state index in [0.717, 1.165) is 0 Å². The fourth-order valence-corrected chi connectivity index (χ4v) is 0.828. The molecule has 1 heterocycles. The molecule has 0 spiro atoms. The Labute approximate surface area is 74.3 Å². The standard InChI is InChI=1S/C6H2F4N2O2/c7-2-1-3(8)11-4(6(9)10)5(2)12(13)14/h1,6H. The van der Waals surface area contributed by atoms with Crippen LogP contribution in [0.25, 0.3) is 0 Å². The fourth-order valence-electron chi connectivity index (χ4n) is 0.828. The van der Waals surface area contributed by atoms with E-state index < -0.39 is 34.5 Å². The Kier molecular flexibility index (Phi) is 2.63. The van der Waals surface area contributed by atoms with E-state index in [1.54, 1.807) is 0 Å². The molecule has 0 aromatic carbocycles. The van der Waals surface area contributed by atoms with E-state index in [0.29, 0.717) is 0 Å². The fraction of sp³-hybridized carbons (Fsp3) is 0.167. The molecule has 0 unspecified atom stereocenters. The summed E-state index contributed by atoms with van der Waals surface area (Å²) in [5.41, 5.74) is -3.01. The minimum atomic E-state index is -3.40. The molecule has 0 aliphatic carbocycles. The SMILES string of the molecule is O=[N+]([O-])c1c(F)cc(F)nc1C(F)F. The molecule has 0 N–H and O–H groups in total. The Balaban J connectivity index is 3.44. The van der Waals surface area contributed by atoms with Crippen molar-refractivity contribution in [3.8, 4) is 0 Å². The first-order valence-corrected chi connectivity index (χ1v) is 3.22. The smallest absolute Gasteiger partial charge is 0.258 e. The van der Waals surface area contributed by atoms with Crippen molar-refractivity contribution in [2.24, 2.45) is 0 Å². The van der Waals surface area contributed by atoms with Gasteiger partial charge in [0.25, 0.3) is 6.43 Å². The molecule has 0 saturated carbocycles. The first kappa shape index (κ1) is 10.4. The lowest BCUT2D eigenvalue weighted by atomic mass is 10.3. The highest BCUT2D eigenvalue weighted by Crippen LogP contribution is 2.29. The Hall–Kier alpha value is -1.73. The third-order valence-corrected chi connectivity index (χ3v) is 1.33. The molecule has 1 aromatic heterocycles. The summed E-state index contributed by atoms with van der Waals surface area (Å²) < 4.78 is 49.1. The topological polar surface area (TPSA) is 56.0 Å². The summed E-state index contributed by atoms with van der Waals surface area (Å²) in [5.74, 6) is -3.19. The highest BCUT2D eigenvalue weighted by atomic mass is 19.3. The van der Waals surface area contributed by atoms with Gasteiger partial charge in [0.15, 0.2) is 5.69 Å². The van der Waals surface area contributed by atoms with E-state index in [-0.39, 0.29) is 6.07 Å². The normalized spacial score (nSPS) is 10.6. The van der Waals surface area contributed by atoms with Crippen LogP contribution < -0.4 is 0 Å². The first-order valence-electron chi connectivity index (χ1n) is 3.22. The van der Waals surface area contributed by atoms with Crippen molar-refractivity contribution in [1.82, 2.24) is 4.98 Å². The number of rotatable bonds is 2. The average Bonchev–Trinajstić information content (AvgIpc) is 2.01. The van der Waals surface area contributed by atoms with E-state index in [1.165, 1.54) is 0 Å². The van der Waals surface area contributed by atoms with Gasteiger partial charge >= 0.3 is 5.69 Å². The molecule has 1 aromatic rings. The van der Waals surface area contributed by atoms with Crippen LogP contribution in [0.5, 0.6) is 0 Å². The quantitative estimate of drug-likeness (QED) is 0.325. The molecule has 8 heteroatoms. The Morgan fingerprint density at radius 2 is 2.00 bits per heavy atom. The second-order valence-corrected chi connectivity index (χ2v) is 2.22. The Bertz CT molecular complexity index is 382. The van der Waals surface area contributed by atoms with Crippen LogP contribution in [0.2, 0.25) is 0 Å². The minimum absolute atomic E-state index is 0.0734. The zero-order valence-corrected chi connectivity index (χ0v) is 6.38. The number of hydrogen-bond acceptors (Lipinski definition) is 3. The monoisotopic (exact) mass is 210 g/mol. The molecule has 14 heavy (non-hydrogen) atoms.